The molecule has 3 aromatic rings. The Hall–Kier alpha value is -2.57. The molecule has 0 atom stereocenters. The largest absolute Gasteiger partial charge is 0.506 e. The Morgan fingerprint density at radius 2 is 1.55 bits per heavy atom. The number of para-hydroxylation sites is 1. The van der Waals surface area contributed by atoms with E-state index in [9.17, 15) is 13.5 Å². The molecule has 112 valence electrons. The van der Waals surface area contributed by atoms with Crippen molar-refractivity contribution in [3.8, 4) is 5.75 Å². The molecule has 22 heavy (non-hydrogen) atoms. The lowest BCUT2D eigenvalue weighted by Gasteiger charge is -2.10. The van der Waals surface area contributed by atoms with Crippen LogP contribution in [0.15, 0.2) is 65.6 Å². The van der Waals surface area contributed by atoms with Gasteiger partial charge in [0.15, 0.2) is 0 Å². The third-order valence-corrected chi connectivity index (χ3v) is 4.18. The molecule has 0 unspecified atom stereocenters. The summed E-state index contributed by atoms with van der Waals surface area (Å²) in [4.78, 5) is -0.503. The van der Waals surface area contributed by atoms with Crippen molar-refractivity contribution in [3.05, 3.63) is 60.7 Å². The number of rotatable bonds is 3. The number of phenols is 1. The average Bonchev–Trinajstić information content (AvgIpc) is 2.48. The molecule has 3 aromatic carbocycles. The first-order valence-electron chi connectivity index (χ1n) is 6.50. The van der Waals surface area contributed by atoms with Crippen molar-refractivity contribution in [1.82, 2.24) is 0 Å². The predicted octanol–water partition coefficient (Wildman–Crippen LogP) is 3.54. The van der Waals surface area contributed by atoms with Crippen molar-refractivity contribution >= 4 is 32.3 Å². The van der Waals surface area contributed by atoms with E-state index in [1.54, 1.807) is 12.1 Å². The fraction of sp³-hybridized carbons (Fsp3) is 0. The molecular weight excluding hydrogens is 302 g/mol. The summed E-state index contributed by atoms with van der Waals surface area (Å²) in [7, 11) is -4.47. The summed E-state index contributed by atoms with van der Waals surface area (Å²) in [6.07, 6.45) is 0. The van der Waals surface area contributed by atoms with Gasteiger partial charge < -0.3 is 10.4 Å². The van der Waals surface area contributed by atoms with E-state index < -0.39 is 20.8 Å². The van der Waals surface area contributed by atoms with Crippen LogP contribution in [0.2, 0.25) is 0 Å². The Labute approximate surface area is 127 Å². The van der Waals surface area contributed by atoms with Crippen LogP contribution in [0, 0.1) is 0 Å². The molecule has 0 amide bonds. The zero-order chi connectivity index (χ0) is 15.7. The molecule has 0 fully saturated rings. The number of fused-ring (bicyclic) bond motifs is 1. The van der Waals surface area contributed by atoms with Crippen LogP contribution in [-0.2, 0) is 10.1 Å². The van der Waals surface area contributed by atoms with Crippen molar-refractivity contribution in [2.75, 3.05) is 5.32 Å². The second-order valence-corrected chi connectivity index (χ2v) is 6.20. The van der Waals surface area contributed by atoms with Crippen LogP contribution >= 0.6 is 0 Å². The van der Waals surface area contributed by atoms with Gasteiger partial charge in [0.1, 0.15) is 10.6 Å². The van der Waals surface area contributed by atoms with Gasteiger partial charge in [0.05, 0.1) is 0 Å². The molecule has 0 spiro atoms. The van der Waals surface area contributed by atoms with Crippen molar-refractivity contribution in [1.29, 1.82) is 0 Å². The molecule has 0 bridgehead atoms. The maximum absolute atomic E-state index is 11.3. The number of hydrogen-bond acceptors (Lipinski definition) is 4. The van der Waals surface area contributed by atoms with Crippen LogP contribution in [0.3, 0.4) is 0 Å². The SMILES string of the molecule is O=S(=O)(O)c1ccc2ccc(Nc3ccccc3)cc2c1O. The van der Waals surface area contributed by atoms with Gasteiger partial charge in [-0.3, -0.25) is 4.55 Å². The van der Waals surface area contributed by atoms with E-state index in [4.69, 9.17) is 4.55 Å². The summed E-state index contributed by atoms with van der Waals surface area (Å²) in [5.41, 5.74) is 1.56. The fourth-order valence-electron chi connectivity index (χ4n) is 2.26. The number of benzene rings is 3. The minimum Gasteiger partial charge on any atom is -0.506 e. The van der Waals surface area contributed by atoms with E-state index >= 15 is 0 Å². The number of aromatic hydroxyl groups is 1. The molecule has 0 aliphatic rings. The molecular formula is C16H13NO4S. The summed E-state index contributed by atoms with van der Waals surface area (Å²) in [6.45, 7) is 0. The van der Waals surface area contributed by atoms with Crippen LogP contribution in [0.25, 0.3) is 10.8 Å². The Balaban J connectivity index is 2.10. The molecule has 0 saturated carbocycles. The quantitative estimate of drug-likeness (QED) is 0.644. The van der Waals surface area contributed by atoms with Gasteiger partial charge in [-0.25, -0.2) is 0 Å². The molecule has 0 aliphatic heterocycles. The Morgan fingerprint density at radius 1 is 0.864 bits per heavy atom. The van der Waals surface area contributed by atoms with Crippen LogP contribution in [0.4, 0.5) is 11.4 Å². The fourth-order valence-corrected chi connectivity index (χ4v) is 2.85. The van der Waals surface area contributed by atoms with Crippen molar-refractivity contribution in [2.24, 2.45) is 0 Å². The summed E-state index contributed by atoms with van der Waals surface area (Å²) in [6, 6.07) is 17.4. The van der Waals surface area contributed by atoms with E-state index in [1.165, 1.54) is 12.1 Å². The number of nitrogens with one attached hydrogen (secondary N) is 1. The van der Waals surface area contributed by atoms with Gasteiger partial charge in [-0.15, -0.1) is 0 Å². The zero-order valence-corrected chi connectivity index (χ0v) is 12.2. The van der Waals surface area contributed by atoms with Gasteiger partial charge >= 0.3 is 0 Å². The molecule has 5 nitrogen and oxygen atoms in total. The van der Waals surface area contributed by atoms with Crippen molar-refractivity contribution < 1.29 is 18.1 Å². The first-order chi connectivity index (χ1) is 10.4. The molecule has 0 aromatic heterocycles. The average molecular weight is 315 g/mol. The maximum atomic E-state index is 11.3. The molecule has 0 aliphatic carbocycles. The number of phenolic OH excluding ortho intramolecular Hbond substituents is 1. The lowest BCUT2D eigenvalue weighted by molar-refractivity contribution is 0.448. The summed E-state index contributed by atoms with van der Waals surface area (Å²) in [5.74, 6) is -0.461. The van der Waals surface area contributed by atoms with Gasteiger partial charge in [0.2, 0.25) is 0 Å². The number of hydrogen-bond donors (Lipinski definition) is 3. The molecule has 0 heterocycles. The molecule has 0 saturated heterocycles. The van der Waals surface area contributed by atoms with Crippen LogP contribution in [0.5, 0.6) is 5.75 Å². The highest BCUT2D eigenvalue weighted by Crippen LogP contribution is 2.34. The van der Waals surface area contributed by atoms with Crippen molar-refractivity contribution in [2.45, 2.75) is 4.90 Å². The molecule has 0 radical (unpaired) electrons. The van der Waals surface area contributed by atoms with Crippen LogP contribution < -0.4 is 5.32 Å². The minimum atomic E-state index is -4.47. The maximum Gasteiger partial charge on any atom is 0.298 e. The monoisotopic (exact) mass is 315 g/mol. The second-order valence-electron chi connectivity index (χ2n) is 4.81. The van der Waals surface area contributed by atoms with Crippen molar-refractivity contribution in [3.63, 3.8) is 0 Å². The lowest BCUT2D eigenvalue weighted by atomic mass is 10.1. The lowest BCUT2D eigenvalue weighted by Crippen LogP contribution is -1.98. The highest BCUT2D eigenvalue weighted by atomic mass is 32.2. The topological polar surface area (TPSA) is 86.6 Å². The normalized spacial score (nSPS) is 11.5. The predicted molar refractivity (Wildman–Crippen MR) is 85.2 cm³/mol. The number of anilines is 2. The standard InChI is InChI=1S/C16H13NO4S/c18-16-14-10-13(17-12-4-2-1-3-5-12)8-6-11(14)7-9-15(16)22(19,20)21/h1-10,17-18H,(H,19,20,21). The highest BCUT2D eigenvalue weighted by molar-refractivity contribution is 7.86. The summed E-state index contributed by atoms with van der Waals surface area (Å²) in [5, 5.41) is 14.3. The first kappa shape index (κ1) is 14.4. The molecule has 3 N–H and O–H groups in total. The highest BCUT2D eigenvalue weighted by Gasteiger charge is 2.17. The summed E-state index contributed by atoms with van der Waals surface area (Å²) < 4.78 is 31.6. The van der Waals surface area contributed by atoms with Crippen LogP contribution in [-0.4, -0.2) is 18.1 Å². The third kappa shape index (κ3) is 2.74. The Bertz CT molecular complexity index is 937. The zero-order valence-electron chi connectivity index (χ0n) is 11.4. The van der Waals surface area contributed by atoms with E-state index in [2.05, 4.69) is 5.32 Å². The van der Waals surface area contributed by atoms with E-state index in [0.29, 0.717) is 16.5 Å². The van der Waals surface area contributed by atoms with Crippen LogP contribution in [0.1, 0.15) is 0 Å². The third-order valence-electron chi connectivity index (χ3n) is 3.30. The van der Waals surface area contributed by atoms with Gasteiger partial charge in [-0.05, 0) is 35.7 Å². The van der Waals surface area contributed by atoms with E-state index in [1.807, 2.05) is 36.4 Å². The second kappa shape index (κ2) is 5.32. The van der Waals surface area contributed by atoms with E-state index in [0.717, 1.165) is 5.69 Å². The minimum absolute atomic E-state index is 0.344. The van der Waals surface area contributed by atoms with Gasteiger partial charge in [-0.1, -0.05) is 30.3 Å². The van der Waals surface area contributed by atoms with Gasteiger partial charge in [-0.2, -0.15) is 8.42 Å². The Kier molecular flexibility index (Phi) is 3.48. The summed E-state index contributed by atoms with van der Waals surface area (Å²) >= 11 is 0. The molecule has 6 heteroatoms. The van der Waals surface area contributed by atoms with Gasteiger partial charge in [0, 0.05) is 16.8 Å². The first-order valence-corrected chi connectivity index (χ1v) is 7.94. The Morgan fingerprint density at radius 3 is 2.23 bits per heavy atom. The smallest absolute Gasteiger partial charge is 0.298 e. The van der Waals surface area contributed by atoms with Gasteiger partial charge in [0.25, 0.3) is 10.1 Å². The molecule has 3 rings (SSSR count). The van der Waals surface area contributed by atoms with E-state index in [-0.39, 0.29) is 0 Å².